The van der Waals surface area contributed by atoms with Crippen LogP contribution in [0.5, 0.6) is 5.75 Å². The molecule has 3 heteroatoms. The Morgan fingerprint density at radius 2 is 2.17 bits per heavy atom. The Morgan fingerprint density at radius 3 is 2.83 bits per heavy atom. The molecule has 100 valence electrons. The number of benzene rings is 1. The molecule has 1 aromatic rings. The summed E-state index contributed by atoms with van der Waals surface area (Å²) in [6, 6.07) is 6.72. The first kappa shape index (κ1) is 13.4. The number of rotatable bonds is 6. The highest BCUT2D eigenvalue weighted by Crippen LogP contribution is 2.28. The topological polar surface area (TPSA) is 41.5 Å². The van der Waals surface area contributed by atoms with E-state index in [0.29, 0.717) is 19.2 Å². The lowest BCUT2D eigenvalue weighted by molar-refractivity contribution is 0.105. The van der Waals surface area contributed by atoms with Gasteiger partial charge >= 0.3 is 0 Å². The van der Waals surface area contributed by atoms with Crippen molar-refractivity contribution < 1.29 is 9.84 Å². The van der Waals surface area contributed by atoms with Crippen LogP contribution in [-0.4, -0.2) is 30.4 Å². The van der Waals surface area contributed by atoms with Gasteiger partial charge in [-0.3, -0.25) is 0 Å². The largest absolute Gasteiger partial charge is 0.491 e. The molecule has 2 rings (SSSR count). The van der Waals surface area contributed by atoms with Crippen LogP contribution in [0.1, 0.15) is 24.5 Å². The van der Waals surface area contributed by atoms with Gasteiger partial charge in [-0.05, 0) is 43.4 Å². The maximum absolute atomic E-state index is 9.85. The lowest BCUT2D eigenvalue weighted by Crippen LogP contribution is -2.33. The van der Waals surface area contributed by atoms with E-state index in [1.54, 1.807) is 0 Å². The van der Waals surface area contributed by atoms with Gasteiger partial charge in [-0.25, -0.2) is 0 Å². The van der Waals surface area contributed by atoms with E-state index in [2.05, 4.69) is 18.3 Å². The van der Waals surface area contributed by atoms with Gasteiger partial charge in [0.05, 0.1) is 0 Å². The van der Waals surface area contributed by atoms with Crippen LogP contribution >= 0.6 is 0 Å². The van der Waals surface area contributed by atoms with E-state index >= 15 is 0 Å². The predicted molar refractivity (Wildman–Crippen MR) is 73.0 cm³/mol. The molecule has 1 saturated carbocycles. The Labute approximate surface area is 109 Å². The summed E-state index contributed by atoms with van der Waals surface area (Å²) < 4.78 is 5.67. The summed E-state index contributed by atoms with van der Waals surface area (Å²) in [5.74, 6) is 1.63. The molecule has 0 saturated heterocycles. The van der Waals surface area contributed by atoms with Crippen molar-refractivity contribution in [2.24, 2.45) is 5.92 Å². The minimum absolute atomic E-state index is 0.346. The maximum Gasteiger partial charge on any atom is 0.122 e. The molecular weight excluding hydrogens is 226 g/mol. The second kappa shape index (κ2) is 5.72. The highest BCUT2D eigenvalue weighted by Gasteiger charge is 2.32. The first-order valence-corrected chi connectivity index (χ1v) is 6.67. The number of aliphatic hydroxyl groups is 1. The molecule has 0 heterocycles. The number of aryl methyl sites for hydroxylation is 2. The van der Waals surface area contributed by atoms with E-state index in [1.807, 2.05) is 26.0 Å². The smallest absolute Gasteiger partial charge is 0.122 e. The van der Waals surface area contributed by atoms with E-state index in [9.17, 15) is 5.11 Å². The molecule has 0 radical (unpaired) electrons. The second-order valence-electron chi connectivity index (χ2n) is 5.46. The summed E-state index contributed by atoms with van der Waals surface area (Å²) in [5, 5.41) is 13.2. The third kappa shape index (κ3) is 3.72. The monoisotopic (exact) mass is 249 g/mol. The van der Waals surface area contributed by atoms with Crippen LogP contribution < -0.4 is 10.1 Å². The Morgan fingerprint density at radius 1 is 1.44 bits per heavy atom. The standard InChI is InChI=1S/C15H23NO2/c1-10-4-5-11(2)15(6-10)18-9-13(17)8-16-14-7-12(14)3/h4-6,12-14,16-17H,7-9H2,1-3H3. The molecule has 18 heavy (non-hydrogen) atoms. The van der Waals surface area contributed by atoms with Gasteiger partial charge in [-0.2, -0.15) is 0 Å². The third-order valence-corrected chi connectivity index (χ3v) is 3.50. The van der Waals surface area contributed by atoms with Crippen molar-refractivity contribution in [1.29, 1.82) is 0 Å². The van der Waals surface area contributed by atoms with Crippen LogP contribution in [-0.2, 0) is 0 Å². The van der Waals surface area contributed by atoms with E-state index in [0.717, 1.165) is 17.2 Å². The van der Waals surface area contributed by atoms with Crippen molar-refractivity contribution in [3.05, 3.63) is 29.3 Å². The zero-order valence-corrected chi connectivity index (χ0v) is 11.4. The molecule has 1 aliphatic carbocycles. The average Bonchev–Trinajstić information content (AvgIpc) is 3.04. The van der Waals surface area contributed by atoms with Crippen LogP contribution in [0.3, 0.4) is 0 Å². The third-order valence-electron chi connectivity index (χ3n) is 3.50. The predicted octanol–water partition coefficient (Wildman–Crippen LogP) is 2.04. The first-order chi connectivity index (χ1) is 8.56. The lowest BCUT2D eigenvalue weighted by Gasteiger charge is -2.15. The molecule has 1 fully saturated rings. The molecule has 3 nitrogen and oxygen atoms in total. The summed E-state index contributed by atoms with van der Waals surface area (Å²) in [5.41, 5.74) is 2.28. The fourth-order valence-corrected chi connectivity index (χ4v) is 2.00. The van der Waals surface area contributed by atoms with Crippen LogP contribution in [0.25, 0.3) is 0 Å². The van der Waals surface area contributed by atoms with Gasteiger partial charge in [0.15, 0.2) is 0 Å². The molecule has 0 amide bonds. The van der Waals surface area contributed by atoms with Gasteiger partial charge in [0, 0.05) is 12.6 Å². The minimum atomic E-state index is -0.447. The van der Waals surface area contributed by atoms with Gasteiger partial charge in [0.25, 0.3) is 0 Å². The van der Waals surface area contributed by atoms with Gasteiger partial charge in [-0.1, -0.05) is 19.1 Å². The normalized spacial score (nSPS) is 23.8. The molecule has 0 spiro atoms. The van der Waals surface area contributed by atoms with E-state index in [4.69, 9.17) is 4.74 Å². The summed E-state index contributed by atoms with van der Waals surface area (Å²) in [6.45, 7) is 7.24. The fourth-order valence-electron chi connectivity index (χ4n) is 2.00. The summed E-state index contributed by atoms with van der Waals surface area (Å²) in [7, 11) is 0. The van der Waals surface area contributed by atoms with E-state index < -0.39 is 6.10 Å². The molecular formula is C15H23NO2. The molecule has 2 N–H and O–H groups in total. The van der Waals surface area contributed by atoms with Crippen molar-refractivity contribution in [2.45, 2.75) is 39.3 Å². The molecule has 0 bridgehead atoms. The Hall–Kier alpha value is -1.06. The summed E-state index contributed by atoms with van der Waals surface area (Å²) in [4.78, 5) is 0. The molecule has 1 aromatic carbocycles. The lowest BCUT2D eigenvalue weighted by atomic mass is 10.1. The Bertz CT molecular complexity index is 405. The van der Waals surface area contributed by atoms with Crippen molar-refractivity contribution in [3.63, 3.8) is 0 Å². The summed E-state index contributed by atoms with van der Waals surface area (Å²) in [6.07, 6.45) is 0.780. The molecule has 3 atom stereocenters. The molecule has 3 unspecified atom stereocenters. The van der Waals surface area contributed by atoms with Crippen molar-refractivity contribution in [3.8, 4) is 5.75 Å². The average molecular weight is 249 g/mol. The highest BCUT2D eigenvalue weighted by atomic mass is 16.5. The zero-order chi connectivity index (χ0) is 13.1. The second-order valence-corrected chi connectivity index (χ2v) is 5.46. The number of hydrogen-bond donors (Lipinski definition) is 2. The Balaban J connectivity index is 1.74. The van der Waals surface area contributed by atoms with Gasteiger partial charge in [0.1, 0.15) is 18.5 Å². The molecule has 1 aliphatic rings. The van der Waals surface area contributed by atoms with Crippen LogP contribution in [0.4, 0.5) is 0 Å². The fraction of sp³-hybridized carbons (Fsp3) is 0.600. The zero-order valence-electron chi connectivity index (χ0n) is 11.4. The van der Waals surface area contributed by atoms with Crippen molar-refractivity contribution in [2.75, 3.05) is 13.2 Å². The van der Waals surface area contributed by atoms with E-state index in [1.165, 1.54) is 12.0 Å². The quantitative estimate of drug-likeness (QED) is 0.810. The SMILES string of the molecule is Cc1ccc(C)c(OCC(O)CNC2CC2C)c1. The number of ether oxygens (including phenoxy) is 1. The number of aliphatic hydroxyl groups excluding tert-OH is 1. The molecule has 0 aliphatic heterocycles. The summed E-state index contributed by atoms with van der Waals surface area (Å²) >= 11 is 0. The van der Waals surface area contributed by atoms with Crippen LogP contribution in [0, 0.1) is 19.8 Å². The number of nitrogens with one attached hydrogen (secondary N) is 1. The molecule has 0 aromatic heterocycles. The minimum Gasteiger partial charge on any atom is -0.491 e. The highest BCUT2D eigenvalue weighted by molar-refractivity contribution is 5.35. The van der Waals surface area contributed by atoms with Crippen molar-refractivity contribution in [1.82, 2.24) is 5.32 Å². The maximum atomic E-state index is 9.85. The van der Waals surface area contributed by atoms with Gasteiger partial charge in [0.2, 0.25) is 0 Å². The number of hydrogen-bond acceptors (Lipinski definition) is 3. The van der Waals surface area contributed by atoms with Crippen molar-refractivity contribution >= 4 is 0 Å². The van der Waals surface area contributed by atoms with Gasteiger partial charge < -0.3 is 15.2 Å². The Kier molecular flexibility index (Phi) is 4.25. The van der Waals surface area contributed by atoms with Crippen LogP contribution in [0.15, 0.2) is 18.2 Å². The van der Waals surface area contributed by atoms with Crippen LogP contribution in [0.2, 0.25) is 0 Å². The van der Waals surface area contributed by atoms with Gasteiger partial charge in [-0.15, -0.1) is 0 Å². The van der Waals surface area contributed by atoms with E-state index in [-0.39, 0.29) is 0 Å². The first-order valence-electron chi connectivity index (χ1n) is 6.67.